The Morgan fingerprint density at radius 2 is 2.24 bits per heavy atom. The number of nitrogens with one attached hydrogen (secondary N) is 1. The van der Waals surface area contributed by atoms with E-state index in [1.54, 1.807) is 0 Å². The van der Waals surface area contributed by atoms with Gasteiger partial charge in [-0.1, -0.05) is 13.3 Å². The molecule has 0 spiro atoms. The smallest absolute Gasteiger partial charge is 0.220 e. The number of carbonyl (C=O) groups excluding carboxylic acids is 1. The number of hydrogen-bond acceptors (Lipinski definition) is 3. The summed E-state index contributed by atoms with van der Waals surface area (Å²) >= 11 is 2.03. The average Bonchev–Trinajstić information content (AvgIpc) is 2.27. The van der Waals surface area contributed by atoms with Gasteiger partial charge in [0.15, 0.2) is 0 Å². The van der Waals surface area contributed by atoms with Crippen molar-refractivity contribution in [2.24, 2.45) is 5.73 Å². The van der Waals surface area contributed by atoms with Gasteiger partial charge in [-0.25, -0.2) is 0 Å². The second kappa shape index (κ2) is 10.0. The Kier molecular flexibility index (Phi) is 10.1. The highest BCUT2D eigenvalue weighted by Crippen LogP contribution is 2.28. The van der Waals surface area contributed by atoms with Crippen LogP contribution in [0.15, 0.2) is 0 Å². The van der Waals surface area contributed by atoms with Gasteiger partial charge in [0, 0.05) is 17.7 Å². The SMILES string of the molecule is CCSC1CCCC(NC(=O)CCCN)C1.Cl. The van der Waals surface area contributed by atoms with Crippen LogP contribution in [0.3, 0.4) is 0 Å². The second-order valence-electron chi connectivity index (χ2n) is 4.40. The van der Waals surface area contributed by atoms with E-state index >= 15 is 0 Å². The summed E-state index contributed by atoms with van der Waals surface area (Å²) in [6, 6.07) is 0.406. The lowest BCUT2D eigenvalue weighted by Gasteiger charge is -2.29. The van der Waals surface area contributed by atoms with E-state index < -0.39 is 0 Å². The van der Waals surface area contributed by atoms with Gasteiger partial charge in [0.1, 0.15) is 0 Å². The van der Waals surface area contributed by atoms with E-state index in [9.17, 15) is 4.79 Å². The zero-order valence-corrected chi connectivity index (χ0v) is 12.2. The van der Waals surface area contributed by atoms with E-state index in [2.05, 4.69) is 12.2 Å². The summed E-state index contributed by atoms with van der Waals surface area (Å²) in [4.78, 5) is 11.6. The van der Waals surface area contributed by atoms with Gasteiger partial charge in [-0.2, -0.15) is 11.8 Å². The largest absolute Gasteiger partial charge is 0.353 e. The van der Waals surface area contributed by atoms with Crippen LogP contribution in [0.1, 0.15) is 45.4 Å². The standard InChI is InChI=1S/C12H24N2OS.ClH/c1-2-16-11-6-3-5-10(9-11)14-12(15)7-4-8-13;/h10-11H,2-9,13H2,1H3,(H,14,15);1H. The van der Waals surface area contributed by atoms with Gasteiger partial charge in [-0.15, -0.1) is 12.4 Å². The van der Waals surface area contributed by atoms with Gasteiger partial charge >= 0.3 is 0 Å². The summed E-state index contributed by atoms with van der Waals surface area (Å²) in [6.45, 7) is 2.81. The lowest BCUT2D eigenvalue weighted by molar-refractivity contribution is -0.122. The van der Waals surface area contributed by atoms with Crippen LogP contribution in [0.25, 0.3) is 0 Å². The highest BCUT2D eigenvalue weighted by atomic mass is 35.5. The minimum Gasteiger partial charge on any atom is -0.353 e. The first-order valence-electron chi connectivity index (χ1n) is 6.37. The first-order chi connectivity index (χ1) is 7.76. The molecule has 1 rings (SSSR count). The van der Waals surface area contributed by atoms with Crippen molar-refractivity contribution in [2.45, 2.75) is 56.7 Å². The lowest BCUT2D eigenvalue weighted by Crippen LogP contribution is -2.39. The molecule has 0 saturated heterocycles. The summed E-state index contributed by atoms with van der Waals surface area (Å²) in [7, 11) is 0. The zero-order chi connectivity index (χ0) is 11.8. The maximum Gasteiger partial charge on any atom is 0.220 e. The van der Waals surface area contributed by atoms with Crippen LogP contribution in [0, 0.1) is 0 Å². The van der Waals surface area contributed by atoms with E-state index in [1.165, 1.54) is 18.6 Å². The van der Waals surface area contributed by atoms with Gasteiger partial charge in [-0.05, 0) is 38.0 Å². The summed E-state index contributed by atoms with van der Waals surface area (Å²) in [5.41, 5.74) is 5.39. The Morgan fingerprint density at radius 3 is 2.88 bits per heavy atom. The normalized spacial score (nSPS) is 23.9. The van der Waals surface area contributed by atoms with Gasteiger partial charge in [0.25, 0.3) is 0 Å². The Balaban J connectivity index is 0.00000256. The lowest BCUT2D eigenvalue weighted by atomic mass is 9.95. The monoisotopic (exact) mass is 280 g/mol. The summed E-state index contributed by atoms with van der Waals surface area (Å²) in [5.74, 6) is 1.36. The molecule has 1 aliphatic carbocycles. The highest BCUT2D eigenvalue weighted by Gasteiger charge is 2.22. The molecule has 0 radical (unpaired) electrons. The molecule has 1 saturated carbocycles. The van der Waals surface area contributed by atoms with Crippen LogP contribution in [-0.4, -0.2) is 29.5 Å². The van der Waals surface area contributed by atoms with Crippen molar-refractivity contribution in [3.05, 3.63) is 0 Å². The van der Waals surface area contributed by atoms with Gasteiger partial charge in [0.05, 0.1) is 0 Å². The molecule has 1 fully saturated rings. The molecule has 2 atom stereocenters. The minimum atomic E-state index is 0. The number of amides is 1. The van der Waals surface area contributed by atoms with E-state index in [0.29, 0.717) is 19.0 Å². The van der Waals surface area contributed by atoms with Crippen LogP contribution >= 0.6 is 24.2 Å². The quantitative estimate of drug-likeness (QED) is 0.785. The zero-order valence-electron chi connectivity index (χ0n) is 10.6. The van der Waals surface area contributed by atoms with Crippen molar-refractivity contribution in [3.63, 3.8) is 0 Å². The third kappa shape index (κ3) is 7.17. The average molecular weight is 281 g/mol. The number of halogens is 1. The molecule has 0 aromatic rings. The van der Waals surface area contributed by atoms with Crippen molar-refractivity contribution < 1.29 is 4.79 Å². The maximum atomic E-state index is 11.6. The Labute approximate surface area is 115 Å². The molecule has 0 bridgehead atoms. The van der Waals surface area contributed by atoms with Crippen molar-refractivity contribution >= 4 is 30.1 Å². The van der Waals surface area contributed by atoms with Crippen LogP contribution in [-0.2, 0) is 4.79 Å². The molecule has 0 aliphatic heterocycles. The van der Waals surface area contributed by atoms with Gasteiger partial charge < -0.3 is 11.1 Å². The van der Waals surface area contributed by atoms with Crippen molar-refractivity contribution in [1.29, 1.82) is 0 Å². The molecule has 1 amide bonds. The van der Waals surface area contributed by atoms with Crippen LogP contribution in [0.2, 0.25) is 0 Å². The van der Waals surface area contributed by atoms with E-state index in [0.717, 1.165) is 24.5 Å². The summed E-state index contributed by atoms with van der Waals surface area (Å²) < 4.78 is 0. The third-order valence-electron chi connectivity index (χ3n) is 3.00. The summed E-state index contributed by atoms with van der Waals surface area (Å²) in [5, 5.41) is 3.88. The molecule has 3 N–H and O–H groups in total. The fourth-order valence-corrected chi connectivity index (χ4v) is 3.40. The minimum absolute atomic E-state index is 0. The molecule has 5 heteroatoms. The number of hydrogen-bond donors (Lipinski definition) is 2. The number of thioether (sulfide) groups is 1. The topological polar surface area (TPSA) is 55.1 Å². The fraction of sp³-hybridized carbons (Fsp3) is 0.917. The van der Waals surface area contributed by atoms with E-state index in [-0.39, 0.29) is 18.3 Å². The molecule has 1 aliphatic rings. The molecule has 17 heavy (non-hydrogen) atoms. The number of nitrogens with two attached hydrogens (primary N) is 1. The van der Waals surface area contributed by atoms with E-state index in [1.807, 2.05) is 11.8 Å². The summed E-state index contributed by atoms with van der Waals surface area (Å²) in [6.07, 6.45) is 6.24. The fourth-order valence-electron chi connectivity index (χ4n) is 2.23. The molecule has 2 unspecified atom stereocenters. The Morgan fingerprint density at radius 1 is 1.47 bits per heavy atom. The van der Waals surface area contributed by atoms with E-state index in [4.69, 9.17) is 5.73 Å². The third-order valence-corrected chi connectivity index (χ3v) is 4.23. The first-order valence-corrected chi connectivity index (χ1v) is 7.42. The molecular weight excluding hydrogens is 256 g/mol. The molecule has 0 aromatic carbocycles. The first kappa shape index (κ1) is 17.1. The van der Waals surface area contributed by atoms with Gasteiger partial charge in [-0.3, -0.25) is 4.79 Å². The van der Waals surface area contributed by atoms with Crippen molar-refractivity contribution in [3.8, 4) is 0 Å². The number of rotatable bonds is 6. The molecule has 0 heterocycles. The Bertz CT molecular complexity index is 215. The van der Waals surface area contributed by atoms with Crippen molar-refractivity contribution in [2.75, 3.05) is 12.3 Å². The molecule has 3 nitrogen and oxygen atoms in total. The predicted octanol–water partition coefficient (Wildman–Crippen LogP) is 2.33. The predicted molar refractivity (Wildman–Crippen MR) is 77.9 cm³/mol. The highest BCUT2D eigenvalue weighted by molar-refractivity contribution is 7.99. The van der Waals surface area contributed by atoms with Gasteiger partial charge in [0.2, 0.25) is 5.91 Å². The maximum absolute atomic E-state index is 11.6. The Hall–Kier alpha value is 0.0700. The molecular formula is C12H25ClN2OS. The second-order valence-corrected chi connectivity index (χ2v) is 5.98. The number of carbonyl (C=O) groups is 1. The molecule has 102 valence electrons. The molecule has 0 aromatic heterocycles. The van der Waals surface area contributed by atoms with Crippen LogP contribution in [0.5, 0.6) is 0 Å². The van der Waals surface area contributed by atoms with Crippen LogP contribution in [0.4, 0.5) is 0 Å². The van der Waals surface area contributed by atoms with Crippen LogP contribution < -0.4 is 11.1 Å². The van der Waals surface area contributed by atoms with Crippen molar-refractivity contribution in [1.82, 2.24) is 5.32 Å².